The van der Waals surface area contributed by atoms with Crippen molar-refractivity contribution in [3.05, 3.63) is 0 Å². The van der Waals surface area contributed by atoms with Gasteiger partial charge in [0.2, 0.25) is 5.91 Å². The third-order valence-electron chi connectivity index (χ3n) is 2.27. The Hall–Kier alpha value is -0.650. The van der Waals surface area contributed by atoms with Gasteiger partial charge in [-0.3, -0.25) is 4.79 Å². The molecule has 0 fully saturated rings. The van der Waals surface area contributed by atoms with E-state index in [9.17, 15) is 4.79 Å². The predicted octanol–water partition coefficient (Wildman–Crippen LogP) is -0.109. The predicted molar refractivity (Wildman–Crippen MR) is 58.6 cm³/mol. The molecule has 0 bridgehead atoms. The molecule has 0 aliphatic heterocycles. The molecule has 15 heavy (non-hydrogen) atoms. The van der Waals surface area contributed by atoms with Gasteiger partial charge in [0.1, 0.15) is 0 Å². The van der Waals surface area contributed by atoms with Crippen molar-refractivity contribution in [3.8, 4) is 0 Å². The van der Waals surface area contributed by atoms with Crippen molar-refractivity contribution in [2.45, 2.75) is 32.0 Å². The van der Waals surface area contributed by atoms with Crippen LogP contribution in [0.5, 0.6) is 0 Å². The second kappa shape index (κ2) is 6.76. The van der Waals surface area contributed by atoms with Crippen LogP contribution in [0, 0.1) is 0 Å². The van der Waals surface area contributed by atoms with Gasteiger partial charge in [0.15, 0.2) is 0 Å². The van der Waals surface area contributed by atoms with Gasteiger partial charge in [0.25, 0.3) is 0 Å². The van der Waals surface area contributed by atoms with Crippen LogP contribution in [0.2, 0.25) is 0 Å². The van der Waals surface area contributed by atoms with Gasteiger partial charge in [0, 0.05) is 27.3 Å². The maximum Gasteiger partial charge on any atom is 0.222 e. The van der Waals surface area contributed by atoms with Gasteiger partial charge in [-0.05, 0) is 13.8 Å². The number of carbonyl (C=O) groups excluding carboxylic acids is 1. The number of nitrogens with two attached hydrogens (primary N) is 1. The molecule has 0 spiro atoms. The first kappa shape index (κ1) is 14.3. The molecular formula is C10H22N2O3. The molecule has 0 heterocycles. The largest absolute Gasteiger partial charge is 0.380 e. The normalized spacial score (nSPS) is 13.7. The highest BCUT2D eigenvalue weighted by atomic mass is 16.5. The maximum absolute atomic E-state index is 11.4. The van der Waals surface area contributed by atoms with Crippen LogP contribution in [-0.4, -0.2) is 44.9 Å². The molecule has 0 aromatic carbocycles. The summed E-state index contributed by atoms with van der Waals surface area (Å²) in [6.45, 7) is 4.63. The number of hydrogen-bond donors (Lipinski definition) is 2. The molecule has 5 heteroatoms. The van der Waals surface area contributed by atoms with Crippen LogP contribution in [0.1, 0.15) is 20.3 Å². The molecule has 0 aromatic rings. The van der Waals surface area contributed by atoms with Gasteiger partial charge in [-0.2, -0.15) is 0 Å². The first-order valence-corrected chi connectivity index (χ1v) is 5.00. The second-order valence-electron chi connectivity index (χ2n) is 4.04. The van der Waals surface area contributed by atoms with E-state index in [1.54, 1.807) is 14.2 Å². The zero-order chi connectivity index (χ0) is 11.9. The highest BCUT2D eigenvalue weighted by Gasteiger charge is 2.18. The van der Waals surface area contributed by atoms with Crippen molar-refractivity contribution in [1.29, 1.82) is 0 Å². The molecule has 0 aliphatic rings. The Kier molecular flexibility index (Phi) is 6.47. The van der Waals surface area contributed by atoms with E-state index in [4.69, 9.17) is 15.2 Å². The molecule has 90 valence electrons. The third kappa shape index (κ3) is 6.43. The van der Waals surface area contributed by atoms with Crippen molar-refractivity contribution >= 4 is 5.91 Å². The number of amides is 1. The zero-order valence-electron chi connectivity index (χ0n) is 10.0. The number of hydrogen-bond acceptors (Lipinski definition) is 4. The Labute approximate surface area is 91.3 Å². The minimum absolute atomic E-state index is 0.0718. The summed E-state index contributed by atoms with van der Waals surface area (Å²) in [4.78, 5) is 11.4. The van der Waals surface area contributed by atoms with Crippen LogP contribution in [0.15, 0.2) is 0 Å². The summed E-state index contributed by atoms with van der Waals surface area (Å²) in [5, 5.41) is 2.77. The molecular weight excluding hydrogens is 196 g/mol. The molecule has 0 aromatic heterocycles. The third-order valence-corrected chi connectivity index (χ3v) is 2.27. The number of nitrogens with one attached hydrogen (secondary N) is 1. The highest BCUT2D eigenvalue weighted by Crippen LogP contribution is 2.05. The molecule has 0 rings (SSSR count). The number of carbonyl (C=O) groups is 1. The van der Waals surface area contributed by atoms with Gasteiger partial charge in [-0.25, -0.2) is 0 Å². The van der Waals surface area contributed by atoms with Crippen LogP contribution in [-0.2, 0) is 14.3 Å². The van der Waals surface area contributed by atoms with E-state index < -0.39 is 0 Å². The minimum Gasteiger partial charge on any atom is -0.380 e. The van der Waals surface area contributed by atoms with E-state index in [1.165, 1.54) is 0 Å². The monoisotopic (exact) mass is 218 g/mol. The maximum atomic E-state index is 11.4. The van der Waals surface area contributed by atoms with E-state index >= 15 is 0 Å². The second-order valence-corrected chi connectivity index (χ2v) is 4.04. The Balaban J connectivity index is 3.84. The van der Waals surface area contributed by atoms with Crippen LogP contribution in [0.4, 0.5) is 0 Å². The molecule has 0 aliphatic carbocycles. The lowest BCUT2D eigenvalue weighted by Crippen LogP contribution is -2.41. The van der Waals surface area contributed by atoms with E-state index in [2.05, 4.69) is 5.32 Å². The quantitative estimate of drug-likeness (QED) is 0.625. The molecule has 0 saturated carbocycles. The molecule has 0 radical (unpaired) electrons. The Morgan fingerprint density at radius 2 is 2.07 bits per heavy atom. The van der Waals surface area contributed by atoms with Gasteiger partial charge in [-0.15, -0.1) is 0 Å². The van der Waals surface area contributed by atoms with Crippen molar-refractivity contribution in [2.75, 3.05) is 27.3 Å². The molecule has 0 saturated heterocycles. The van der Waals surface area contributed by atoms with Gasteiger partial charge < -0.3 is 20.5 Å². The summed E-state index contributed by atoms with van der Waals surface area (Å²) in [5.74, 6) is -0.0718. The van der Waals surface area contributed by atoms with Crippen molar-refractivity contribution in [1.82, 2.24) is 5.32 Å². The topological polar surface area (TPSA) is 73.6 Å². The molecule has 1 atom stereocenters. The molecule has 1 amide bonds. The minimum atomic E-state index is -0.346. The standard InChI is InChI=1S/C10H22N2O3/c1-10(2,15-4)7-12-9(13)5-8(6-11)14-3/h8H,5-7,11H2,1-4H3,(H,12,13). The van der Waals surface area contributed by atoms with E-state index in [0.29, 0.717) is 13.1 Å². The molecule has 3 N–H and O–H groups in total. The average molecular weight is 218 g/mol. The van der Waals surface area contributed by atoms with Crippen molar-refractivity contribution in [3.63, 3.8) is 0 Å². The highest BCUT2D eigenvalue weighted by molar-refractivity contribution is 5.76. The SMILES string of the molecule is COC(CN)CC(=O)NCC(C)(C)OC. The van der Waals surface area contributed by atoms with Crippen molar-refractivity contribution in [2.24, 2.45) is 5.73 Å². The summed E-state index contributed by atoms with van der Waals surface area (Å²) in [6.07, 6.45) is 0.0722. The Bertz CT molecular complexity index is 191. The smallest absolute Gasteiger partial charge is 0.222 e. The fourth-order valence-electron chi connectivity index (χ4n) is 0.925. The van der Waals surface area contributed by atoms with Crippen LogP contribution in [0.3, 0.4) is 0 Å². The van der Waals surface area contributed by atoms with E-state index in [1.807, 2.05) is 13.8 Å². The van der Waals surface area contributed by atoms with Crippen LogP contribution >= 0.6 is 0 Å². The number of methoxy groups -OCH3 is 2. The van der Waals surface area contributed by atoms with E-state index in [0.717, 1.165) is 0 Å². The summed E-state index contributed by atoms with van der Waals surface area (Å²) < 4.78 is 10.2. The number of ether oxygens (including phenoxy) is 2. The fourth-order valence-corrected chi connectivity index (χ4v) is 0.925. The molecule has 5 nitrogen and oxygen atoms in total. The average Bonchev–Trinajstić information content (AvgIpc) is 2.23. The van der Waals surface area contributed by atoms with E-state index in [-0.39, 0.29) is 24.0 Å². The van der Waals surface area contributed by atoms with Gasteiger partial charge in [-0.1, -0.05) is 0 Å². The van der Waals surface area contributed by atoms with Gasteiger partial charge >= 0.3 is 0 Å². The fraction of sp³-hybridized carbons (Fsp3) is 0.900. The zero-order valence-corrected chi connectivity index (χ0v) is 10.0. The lowest BCUT2D eigenvalue weighted by molar-refractivity contribution is -0.124. The summed E-state index contributed by atoms with van der Waals surface area (Å²) in [6, 6.07) is 0. The molecule has 1 unspecified atom stereocenters. The van der Waals surface area contributed by atoms with Gasteiger partial charge in [0.05, 0.1) is 18.1 Å². The number of rotatable bonds is 7. The van der Waals surface area contributed by atoms with Crippen LogP contribution < -0.4 is 11.1 Å². The van der Waals surface area contributed by atoms with Crippen LogP contribution in [0.25, 0.3) is 0 Å². The lowest BCUT2D eigenvalue weighted by Gasteiger charge is -2.23. The summed E-state index contributed by atoms with van der Waals surface area (Å²) in [5.41, 5.74) is 5.06. The first-order chi connectivity index (χ1) is 6.95. The Morgan fingerprint density at radius 3 is 2.47 bits per heavy atom. The summed E-state index contributed by atoms with van der Waals surface area (Å²) in [7, 11) is 3.16. The lowest BCUT2D eigenvalue weighted by atomic mass is 10.1. The van der Waals surface area contributed by atoms with Crippen molar-refractivity contribution < 1.29 is 14.3 Å². The summed E-state index contributed by atoms with van der Waals surface area (Å²) >= 11 is 0. The first-order valence-electron chi connectivity index (χ1n) is 5.00. The Morgan fingerprint density at radius 1 is 1.47 bits per heavy atom.